The van der Waals surface area contributed by atoms with Gasteiger partial charge >= 0.3 is 0 Å². The molecule has 0 spiro atoms. The molecule has 2 N–H and O–H groups in total. The number of rotatable bonds is 6. The van der Waals surface area contributed by atoms with Crippen LogP contribution in [0.5, 0.6) is 0 Å². The van der Waals surface area contributed by atoms with Crippen LogP contribution in [0.15, 0.2) is 60.1 Å². The molecule has 1 saturated heterocycles. The van der Waals surface area contributed by atoms with Crippen molar-refractivity contribution in [3.63, 3.8) is 0 Å². The predicted octanol–water partition coefficient (Wildman–Crippen LogP) is 5.55. The largest absolute Gasteiger partial charge is 0.372 e. The number of thiazole rings is 1. The molecule has 0 saturated carbocycles. The molecule has 4 aromatic rings. The molecule has 1 aliphatic heterocycles. The van der Waals surface area contributed by atoms with Gasteiger partial charge in [0, 0.05) is 53.4 Å². The maximum absolute atomic E-state index is 4.77. The Morgan fingerprint density at radius 2 is 1.86 bits per heavy atom. The van der Waals surface area contributed by atoms with Gasteiger partial charge in [-0.25, -0.2) is 4.98 Å². The lowest BCUT2D eigenvalue weighted by Crippen LogP contribution is -2.17. The first-order valence-electron chi connectivity index (χ1n) is 9.96. The molecule has 28 heavy (non-hydrogen) atoms. The van der Waals surface area contributed by atoms with E-state index in [0.717, 1.165) is 23.8 Å². The van der Waals surface area contributed by atoms with Gasteiger partial charge in [-0.15, -0.1) is 11.3 Å². The molecule has 0 unspecified atom stereocenters. The molecule has 142 valence electrons. The van der Waals surface area contributed by atoms with Crippen LogP contribution >= 0.6 is 11.3 Å². The first kappa shape index (κ1) is 17.3. The second kappa shape index (κ2) is 7.68. The van der Waals surface area contributed by atoms with E-state index in [0.29, 0.717) is 0 Å². The number of aromatic nitrogens is 2. The lowest BCUT2D eigenvalue weighted by molar-refractivity contribution is 0.949. The van der Waals surface area contributed by atoms with Crippen LogP contribution in [0.1, 0.15) is 18.4 Å². The maximum atomic E-state index is 4.77. The Morgan fingerprint density at radius 1 is 1.04 bits per heavy atom. The Bertz CT molecular complexity index is 1060. The van der Waals surface area contributed by atoms with Crippen molar-refractivity contribution in [2.75, 3.05) is 29.9 Å². The molecule has 0 radical (unpaired) electrons. The number of para-hydroxylation sites is 1. The van der Waals surface area contributed by atoms with E-state index in [9.17, 15) is 0 Å². The van der Waals surface area contributed by atoms with Gasteiger partial charge in [-0.05, 0) is 43.0 Å². The molecular weight excluding hydrogens is 364 g/mol. The molecule has 0 atom stereocenters. The SMILES string of the molecule is c1ccc2c(CCNc3nc(-c4ccc(N5CCCC5)cc4)cs3)c[nH]c2c1. The van der Waals surface area contributed by atoms with E-state index in [4.69, 9.17) is 4.98 Å². The van der Waals surface area contributed by atoms with Crippen molar-refractivity contribution >= 4 is 33.1 Å². The summed E-state index contributed by atoms with van der Waals surface area (Å²) in [6.45, 7) is 3.24. The fourth-order valence-corrected chi connectivity index (χ4v) is 4.70. The van der Waals surface area contributed by atoms with E-state index < -0.39 is 0 Å². The molecule has 3 heterocycles. The highest BCUT2D eigenvalue weighted by atomic mass is 32.1. The summed E-state index contributed by atoms with van der Waals surface area (Å²) in [5, 5.41) is 7.91. The second-order valence-electron chi connectivity index (χ2n) is 7.32. The Kier molecular flexibility index (Phi) is 4.75. The number of anilines is 2. The molecule has 5 heteroatoms. The molecule has 0 aliphatic carbocycles. The van der Waals surface area contributed by atoms with Crippen molar-refractivity contribution in [1.29, 1.82) is 0 Å². The Morgan fingerprint density at radius 3 is 2.71 bits per heavy atom. The Labute approximate surface area is 169 Å². The number of hydrogen-bond donors (Lipinski definition) is 2. The standard InChI is InChI=1S/C23H24N4S/c1-2-6-21-20(5-1)18(15-25-21)11-12-24-23-26-22(16-28-23)17-7-9-19(10-8-17)27-13-3-4-14-27/h1-2,5-10,15-16,25H,3-4,11-14H2,(H,24,26). The van der Waals surface area contributed by atoms with Crippen molar-refractivity contribution in [2.24, 2.45) is 0 Å². The second-order valence-corrected chi connectivity index (χ2v) is 8.17. The van der Waals surface area contributed by atoms with Crippen LogP contribution in [-0.2, 0) is 6.42 Å². The average molecular weight is 389 g/mol. The van der Waals surface area contributed by atoms with Gasteiger partial charge in [0.1, 0.15) is 0 Å². The van der Waals surface area contributed by atoms with Crippen molar-refractivity contribution in [3.8, 4) is 11.3 Å². The summed E-state index contributed by atoms with van der Waals surface area (Å²) in [5.74, 6) is 0. The number of H-pyrrole nitrogens is 1. The first-order chi connectivity index (χ1) is 13.9. The third-order valence-electron chi connectivity index (χ3n) is 5.48. The Balaban J connectivity index is 1.21. The Hall–Kier alpha value is -2.79. The van der Waals surface area contributed by atoms with Gasteiger partial charge in [-0.2, -0.15) is 0 Å². The summed E-state index contributed by atoms with van der Waals surface area (Å²) in [5.41, 5.74) is 6.11. The highest BCUT2D eigenvalue weighted by Gasteiger charge is 2.12. The first-order valence-corrected chi connectivity index (χ1v) is 10.8. The number of hydrogen-bond acceptors (Lipinski definition) is 4. The van der Waals surface area contributed by atoms with Gasteiger partial charge in [-0.3, -0.25) is 0 Å². The highest BCUT2D eigenvalue weighted by Crippen LogP contribution is 2.28. The van der Waals surface area contributed by atoms with Gasteiger partial charge in [0.25, 0.3) is 0 Å². The summed E-state index contributed by atoms with van der Waals surface area (Å²) in [6, 6.07) is 17.3. The summed E-state index contributed by atoms with van der Waals surface area (Å²) in [6.07, 6.45) is 5.70. The fraction of sp³-hybridized carbons (Fsp3) is 0.261. The summed E-state index contributed by atoms with van der Waals surface area (Å²) < 4.78 is 0. The van der Waals surface area contributed by atoms with E-state index in [-0.39, 0.29) is 0 Å². The molecular formula is C23H24N4S. The minimum Gasteiger partial charge on any atom is -0.372 e. The van der Waals surface area contributed by atoms with Gasteiger partial charge < -0.3 is 15.2 Å². The van der Waals surface area contributed by atoms with Gasteiger partial charge in [-0.1, -0.05) is 30.3 Å². The molecule has 1 fully saturated rings. The van der Waals surface area contributed by atoms with Crippen LogP contribution < -0.4 is 10.2 Å². The lowest BCUT2D eigenvalue weighted by Gasteiger charge is -2.17. The quantitative estimate of drug-likeness (QED) is 0.455. The lowest BCUT2D eigenvalue weighted by atomic mass is 10.1. The number of nitrogens with one attached hydrogen (secondary N) is 2. The van der Waals surface area contributed by atoms with Gasteiger partial charge in [0.2, 0.25) is 0 Å². The third-order valence-corrected chi connectivity index (χ3v) is 6.28. The summed E-state index contributed by atoms with van der Waals surface area (Å²) >= 11 is 1.67. The van der Waals surface area contributed by atoms with E-state index in [2.05, 4.69) is 75.3 Å². The van der Waals surface area contributed by atoms with Gasteiger partial charge in [0.15, 0.2) is 5.13 Å². The van der Waals surface area contributed by atoms with E-state index >= 15 is 0 Å². The van der Waals surface area contributed by atoms with E-state index in [1.54, 1.807) is 11.3 Å². The smallest absolute Gasteiger partial charge is 0.183 e. The molecule has 2 aromatic carbocycles. The highest BCUT2D eigenvalue weighted by molar-refractivity contribution is 7.14. The number of fused-ring (bicyclic) bond motifs is 1. The number of benzene rings is 2. The molecule has 0 amide bonds. The summed E-state index contributed by atoms with van der Waals surface area (Å²) in [4.78, 5) is 10.6. The normalized spacial score (nSPS) is 14.1. The van der Waals surface area contributed by atoms with Crippen LogP contribution in [0.4, 0.5) is 10.8 Å². The molecule has 1 aliphatic rings. The molecule has 0 bridgehead atoms. The van der Waals surface area contributed by atoms with Crippen LogP contribution in [-0.4, -0.2) is 29.6 Å². The zero-order valence-electron chi connectivity index (χ0n) is 15.8. The van der Waals surface area contributed by atoms with Crippen LogP contribution in [0.25, 0.3) is 22.2 Å². The average Bonchev–Trinajstić information content (AvgIpc) is 3.50. The minimum atomic E-state index is 0.878. The van der Waals surface area contributed by atoms with Crippen LogP contribution in [0.3, 0.4) is 0 Å². The number of aromatic amines is 1. The zero-order chi connectivity index (χ0) is 18.8. The fourth-order valence-electron chi connectivity index (χ4n) is 3.95. The minimum absolute atomic E-state index is 0.878. The van der Waals surface area contributed by atoms with E-state index in [1.165, 1.54) is 53.6 Å². The van der Waals surface area contributed by atoms with Crippen LogP contribution in [0, 0.1) is 0 Å². The third kappa shape index (κ3) is 3.50. The van der Waals surface area contributed by atoms with Crippen LogP contribution in [0.2, 0.25) is 0 Å². The number of nitrogens with zero attached hydrogens (tertiary/aromatic N) is 2. The summed E-state index contributed by atoms with van der Waals surface area (Å²) in [7, 11) is 0. The van der Waals surface area contributed by atoms with Gasteiger partial charge in [0.05, 0.1) is 5.69 Å². The zero-order valence-corrected chi connectivity index (χ0v) is 16.6. The maximum Gasteiger partial charge on any atom is 0.183 e. The predicted molar refractivity (Wildman–Crippen MR) is 119 cm³/mol. The monoisotopic (exact) mass is 388 g/mol. The van der Waals surface area contributed by atoms with Crippen molar-refractivity contribution in [2.45, 2.75) is 19.3 Å². The molecule has 4 nitrogen and oxygen atoms in total. The molecule has 5 rings (SSSR count). The van der Waals surface area contributed by atoms with E-state index in [1.807, 2.05) is 0 Å². The molecule has 2 aromatic heterocycles. The van der Waals surface area contributed by atoms with Crippen molar-refractivity contribution in [3.05, 3.63) is 65.7 Å². The van der Waals surface area contributed by atoms with Crippen molar-refractivity contribution in [1.82, 2.24) is 9.97 Å². The topological polar surface area (TPSA) is 44.0 Å². The van der Waals surface area contributed by atoms with Crippen molar-refractivity contribution < 1.29 is 0 Å².